The van der Waals surface area contributed by atoms with Crippen LogP contribution in [0.25, 0.3) is 0 Å². The number of aryl methyl sites for hydroxylation is 2. The number of nitrogens with one attached hydrogen (secondary N) is 1. The van der Waals surface area contributed by atoms with E-state index in [0.717, 1.165) is 11.1 Å². The Labute approximate surface area is 108 Å². The van der Waals surface area contributed by atoms with E-state index in [9.17, 15) is 13.8 Å². The highest BCUT2D eigenvalue weighted by molar-refractivity contribution is 7.86. The predicted octanol–water partition coefficient (Wildman–Crippen LogP) is 1.08. The van der Waals surface area contributed by atoms with Gasteiger partial charge in [-0.25, -0.2) is 0 Å². The first-order valence-corrected chi connectivity index (χ1v) is 6.81. The van der Waals surface area contributed by atoms with Gasteiger partial charge in [-0.1, -0.05) is 12.1 Å². The average molecular weight is 269 g/mol. The Morgan fingerprint density at radius 3 is 2.56 bits per heavy atom. The number of carboxylic acids is 1. The normalized spacial score (nSPS) is 11.9. The molecule has 1 unspecified atom stereocenters. The molecule has 0 aliphatic rings. The molecule has 18 heavy (non-hydrogen) atoms. The van der Waals surface area contributed by atoms with Gasteiger partial charge in [-0.15, -0.1) is 0 Å². The first kappa shape index (κ1) is 14.4. The van der Waals surface area contributed by atoms with E-state index in [1.54, 1.807) is 0 Å². The van der Waals surface area contributed by atoms with Crippen molar-refractivity contribution < 1.29 is 18.9 Å². The number of aliphatic carboxylic acids is 1. The Bertz CT molecular complexity index is 499. The second kappa shape index (κ2) is 6.30. The Kier molecular flexibility index (Phi) is 5.03. The lowest BCUT2D eigenvalue weighted by atomic mass is 10.1. The maximum absolute atomic E-state index is 11.6. The van der Waals surface area contributed by atoms with Gasteiger partial charge >= 0.3 is 5.97 Å². The zero-order valence-electron chi connectivity index (χ0n) is 10.2. The van der Waals surface area contributed by atoms with E-state index in [0.29, 0.717) is 5.69 Å². The second-order valence-corrected chi connectivity index (χ2v) is 5.45. The predicted molar refractivity (Wildman–Crippen MR) is 70.1 cm³/mol. The molecule has 1 amide bonds. The van der Waals surface area contributed by atoms with Crippen LogP contribution >= 0.6 is 0 Å². The molecule has 2 N–H and O–H groups in total. The van der Waals surface area contributed by atoms with Gasteiger partial charge in [0.25, 0.3) is 0 Å². The Morgan fingerprint density at radius 2 is 1.94 bits per heavy atom. The topological polar surface area (TPSA) is 83.5 Å². The number of hydrogen-bond donors (Lipinski definition) is 2. The summed E-state index contributed by atoms with van der Waals surface area (Å²) >= 11 is 0. The third-order valence-electron chi connectivity index (χ3n) is 2.24. The molecule has 0 bridgehead atoms. The molecule has 0 heterocycles. The van der Waals surface area contributed by atoms with Crippen LogP contribution in [-0.2, 0) is 20.4 Å². The molecule has 1 rings (SSSR count). The molecule has 5 nitrogen and oxygen atoms in total. The highest BCUT2D eigenvalue weighted by Crippen LogP contribution is 2.16. The monoisotopic (exact) mass is 269 g/mol. The molecule has 0 aliphatic carbocycles. The van der Waals surface area contributed by atoms with Crippen molar-refractivity contribution in [3.8, 4) is 0 Å². The number of carbonyl (C=O) groups is 2. The molecule has 0 saturated carbocycles. The van der Waals surface area contributed by atoms with E-state index in [1.807, 2.05) is 32.0 Å². The Hall–Kier alpha value is -1.69. The van der Waals surface area contributed by atoms with E-state index in [-0.39, 0.29) is 5.75 Å². The van der Waals surface area contributed by atoms with Gasteiger partial charge in [-0.3, -0.25) is 13.8 Å². The molecule has 0 radical (unpaired) electrons. The van der Waals surface area contributed by atoms with E-state index in [1.165, 1.54) is 0 Å². The summed E-state index contributed by atoms with van der Waals surface area (Å²) in [6.45, 7) is 3.75. The maximum atomic E-state index is 11.6. The zero-order valence-corrected chi connectivity index (χ0v) is 11.0. The number of carboxylic acid groups (broad SMARTS) is 1. The lowest BCUT2D eigenvalue weighted by Gasteiger charge is -2.08. The SMILES string of the molecule is Cc1ccc(C)c(NC(=O)CS(=O)CC(=O)O)c1. The highest BCUT2D eigenvalue weighted by atomic mass is 32.2. The number of hydrogen-bond acceptors (Lipinski definition) is 3. The zero-order chi connectivity index (χ0) is 13.7. The van der Waals surface area contributed by atoms with Gasteiger partial charge in [0.05, 0.1) is 0 Å². The number of rotatable bonds is 5. The van der Waals surface area contributed by atoms with E-state index in [4.69, 9.17) is 5.11 Å². The van der Waals surface area contributed by atoms with Crippen molar-refractivity contribution in [3.63, 3.8) is 0 Å². The van der Waals surface area contributed by atoms with Gasteiger partial charge in [0, 0.05) is 16.5 Å². The molecule has 0 aliphatic heterocycles. The first-order valence-electron chi connectivity index (χ1n) is 5.32. The van der Waals surface area contributed by atoms with Gasteiger partial charge in [-0.05, 0) is 31.0 Å². The molecule has 1 aromatic rings. The number of anilines is 1. The molecule has 0 saturated heterocycles. The fourth-order valence-corrected chi connectivity index (χ4v) is 2.13. The van der Waals surface area contributed by atoms with Gasteiger partial charge < -0.3 is 10.4 Å². The van der Waals surface area contributed by atoms with Gasteiger partial charge in [0.2, 0.25) is 5.91 Å². The van der Waals surface area contributed by atoms with Crippen LogP contribution in [0.1, 0.15) is 11.1 Å². The van der Waals surface area contributed by atoms with Crippen LogP contribution in [0.5, 0.6) is 0 Å². The highest BCUT2D eigenvalue weighted by Gasteiger charge is 2.12. The summed E-state index contributed by atoms with van der Waals surface area (Å²) in [4.78, 5) is 21.9. The molecule has 1 atom stereocenters. The van der Waals surface area contributed by atoms with Crippen LogP contribution in [0.15, 0.2) is 18.2 Å². The summed E-state index contributed by atoms with van der Waals surface area (Å²) < 4.78 is 11.3. The van der Waals surface area contributed by atoms with Crippen molar-refractivity contribution >= 4 is 28.4 Å². The van der Waals surface area contributed by atoms with Crippen molar-refractivity contribution in [2.45, 2.75) is 13.8 Å². The average Bonchev–Trinajstić information content (AvgIpc) is 2.21. The minimum Gasteiger partial charge on any atom is -0.481 e. The third kappa shape index (κ3) is 4.67. The smallest absolute Gasteiger partial charge is 0.316 e. The van der Waals surface area contributed by atoms with Crippen LogP contribution in [0.4, 0.5) is 5.69 Å². The molecule has 0 aromatic heterocycles. The molecular formula is C12H15NO4S. The second-order valence-electron chi connectivity index (χ2n) is 3.99. The largest absolute Gasteiger partial charge is 0.481 e. The molecule has 0 spiro atoms. The summed E-state index contributed by atoms with van der Waals surface area (Å²) in [5, 5.41) is 11.1. The lowest BCUT2D eigenvalue weighted by molar-refractivity contribution is -0.133. The Balaban J connectivity index is 2.62. The quantitative estimate of drug-likeness (QED) is 0.837. The standard InChI is InChI=1S/C12H15NO4S/c1-8-3-4-9(2)10(5-8)13-11(14)6-18(17)7-12(15)16/h3-5H,6-7H2,1-2H3,(H,13,14)(H,15,16). The minimum atomic E-state index is -1.68. The van der Waals surface area contributed by atoms with Crippen LogP contribution in [0.2, 0.25) is 0 Å². The van der Waals surface area contributed by atoms with Gasteiger partial charge in [0.1, 0.15) is 11.5 Å². The van der Waals surface area contributed by atoms with Crippen molar-refractivity contribution in [1.82, 2.24) is 0 Å². The van der Waals surface area contributed by atoms with Gasteiger partial charge in [0.15, 0.2) is 0 Å². The van der Waals surface area contributed by atoms with Crippen molar-refractivity contribution in [1.29, 1.82) is 0 Å². The Morgan fingerprint density at radius 1 is 1.28 bits per heavy atom. The maximum Gasteiger partial charge on any atom is 0.316 e. The minimum absolute atomic E-state index is 0.306. The van der Waals surface area contributed by atoms with Crippen molar-refractivity contribution in [2.24, 2.45) is 0 Å². The summed E-state index contributed by atoms with van der Waals surface area (Å²) in [7, 11) is -1.68. The van der Waals surface area contributed by atoms with Crippen molar-refractivity contribution in [2.75, 3.05) is 16.8 Å². The lowest BCUT2D eigenvalue weighted by Crippen LogP contribution is -2.23. The molecule has 98 valence electrons. The molecular weight excluding hydrogens is 254 g/mol. The number of amides is 1. The molecule has 0 fully saturated rings. The summed E-state index contributed by atoms with van der Waals surface area (Å²) in [5.74, 6) is -2.43. The fourth-order valence-electron chi connectivity index (χ4n) is 1.39. The third-order valence-corrected chi connectivity index (χ3v) is 3.40. The van der Waals surface area contributed by atoms with Crippen LogP contribution < -0.4 is 5.32 Å². The van der Waals surface area contributed by atoms with Crippen LogP contribution in [-0.4, -0.2) is 32.7 Å². The van der Waals surface area contributed by atoms with E-state index < -0.39 is 28.4 Å². The van der Waals surface area contributed by atoms with Crippen LogP contribution in [0, 0.1) is 13.8 Å². The van der Waals surface area contributed by atoms with Gasteiger partial charge in [-0.2, -0.15) is 0 Å². The molecule has 1 aromatic carbocycles. The first-order chi connectivity index (χ1) is 8.38. The fraction of sp³-hybridized carbons (Fsp3) is 0.333. The van der Waals surface area contributed by atoms with E-state index in [2.05, 4.69) is 5.32 Å². The number of carbonyl (C=O) groups excluding carboxylic acids is 1. The summed E-state index contributed by atoms with van der Waals surface area (Å²) in [5.41, 5.74) is 2.56. The van der Waals surface area contributed by atoms with E-state index >= 15 is 0 Å². The summed E-state index contributed by atoms with van der Waals surface area (Å²) in [6.07, 6.45) is 0. The van der Waals surface area contributed by atoms with Crippen molar-refractivity contribution in [3.05, 3.63) is 29.3 Å². The number of benzene rings is 1. The van der Waals surface area contributed by atoms with Crippen LogP contribution in [0.3, 0.4) is 0 Å². The molecule has 6 heteroatoms. The summed E-state index contributed by atoms with van der Waals surface area (Å²) in [6, 6.07) is 5.61.